The van der Waals surface area contributed by atoms with Crippen molar-refractivity contribution in [1.29, 1.82) is 0 Å². The minimum absolute atomic E-state index is 0.661. The summed E-state index contributed by atoms with van der Waals surface area (Å²) in [5, 5.41) is 0.661. The number of hydrogen-bond donors (Lipinski definition) is 1. The van der Waals surface area contributed by atoms with E-state index in [2.05, 4.69) is 19.6 Å². The maximum atomic E-state index is 4.55. The van der Waals surface area contributed by atoms with E-state index in [9.17, 15) is 0 Å². The van der Waals surface area contributed by atoms with E-state index in [4.69, 9.17) is 0 Å². The number of thiol groups is 1. The average Bonchev–Trinajstić information content (AvgIpc) is 2.78. The second-order valence-electron chi connectivity index (χ2n) is 3.97. The zero-order valence-electron chi connectivity index (χ0n) is 13.1. The van der Waals surface area contributed by atoms with E-state index in [1.807, 2.05) is 41.5 Å². The summed E-state index contributed by atoms with van der Waals surface area (Å²) >= 11 is 4.55. The molecule has 17 heavy (non-hydrogen) atoms. The van der Waals surface area contributed by atoms with Gasteiger partial charge in [-0.05, 0) is 38.0 Å². The van der Waals surface area contributed by atoms with Crippen LogP contribution in [0.1, 0.15) is 80.6 Å². The van der Waals surface area contributed by atoms with Crippen LogP contribution in [0.5, 0.6) is 0 Å². The van der Waals surface area contributed by atoms with E-state index in [1.54, 1.807) is 11.1 Å². The van der Waals surface area contributed by atoms with Crippen LogP contribution >= 0.6 is 12.6 Å². The minimum Gasteiger partial charge on any atom is -0.176 e. The summed E-state index contributed by atoms with van der Waals surface area (Å²) in [6.07, 6.45) is 6.73. The molecule has 2 atom stereocenters. The van der Waals surface area contributed by atoms with Gasteiger partial charge in [-0.1, -0.05) is 59.6 Å². The van der Waals surface area contributed by atoms with Crippen molar-refractivity contribution < 1.29 is 0 Å². The molecule has 0 saturated heterocycles. The molecule has 0 nitrogen and oxygen atoms in total. The standard InChI is InChI=1S/C10H16S.3C2H6/c1-7-2-3-8-4-5-9(11)6-10(7)8;3*1-2/h7,9,11H,2-6H2,1H3;3*1-2H3/t7?,9-;;;/m0.../s1. The van der Waals surface area contributed by atoms with Crippen molar-refractivity contribution >= 4 is 12.6 Å². The maximum absolute atomic E-state index is 4.55. The maximum Gasteiger partial charge on any atom is 0.00572 e. The van der Waals surface area contributed by atoms with Gasteiger partial charge in [-0.25, -0.2) is 0 Å². The summed E-state index contributed by atoms with van der Waals surface area (Å²) in [5.74, 6) is 0.875. The van der Waals surface area contributed by atoms with Gasteiger partial charge in [-0.2, -0.15) is 12.6 Å². The van der Waals surface area contributed by atoms with Crippen molar-refractivity contribution in [3.63, 3.8) is 0 Å². The van der Waals surface area contributed by atoms with Gasteiger partial charge in [-0.3, -0.25) is 0 Å². The molecule has 0 aliphatic heterocycles. The molecule has 0 amide bonds. The van der Waals surface area contributed by atoms with Crippen molar-refractivity contribution in [2.75, 3.05) is 0 Å². The Morgan fingerprint density at radius 2 is 1.35 bits per heavy atom. The van der Waals surface area contributed by atoms with Gasteiger partial charge in [0.25, 0.3) is 0 Å². The zero-order valence-corrected chi connectivity index (χ0v) is 14.0. The van der Waals surface area contributed by atoms with Crippen LogP contribution in [0.2, 0.25) is 0 Å². The first-order chi connectivity index (χ1) is 8.27. The first kappa shape index (κ1) is 19.4. The van der Waals surface area contributed by atoms with Gasteiger partial charge in [0.2, 0.25) is 0 Å². The van der Waals surface area contributed by atoms with Crippen molar-refractivity contribution in [2.45, 2.75) is 85.8 Å². The number of rotatable bonds is 0. The molecule has 2 aliphatic carbocycles. The summed E-state index contributed by atoms with van der Waals surface area (Å²) in [6.45, 7) is 14.4. The Hall–Kier alpha value is 0.0900. The van der Waals surface area contributed by atoms with E-state index in [0.717, 1.165) is 5.92 Å². The quantitative estimate of drug-likeness (QED) is 0.384. The second kappa shape index (κ2) is 12.5. The molecule has 0 fully saturated rings. The normalized spacial score (nSPS) is 25.4. The Bertz CT molecular complexity index is 194. The largest absolute Gasteiger partial charge is 0.176 e. The lowest BCUT2D eigenvalue weighted by Gasteiger charge is -2.21. The third-order valence-electron chi connectivity index (χ3n) is 3.16. The van der Waals surface area contributed by atoms with E-state index >= 15 is 0 Å². The Labute approximate surface area is 116 Å². The van der Waals surface area contributed by atoms with Crippen LogP contribution in [-0.4, -0.2) is 5.25 Å². The highest BCUT2D eigenvalue weighted by atomic mass is 32.1. The van der Waals surface area contributed by atoms with Crippen molar-refractivity contribution in [1.82, 2.24) is 0 Å². The topological polar surface area (TPSA) is 0 Å². The second-order valence-corrected chi connectivity index (χ2v) is 4.70. The van der Waals surface area contributed by atoms with Crippen LogP contribution < -0.4 is 0 Å². The summed E-state index contributed by atoms with van der Waals surface area (Å²) in [5.41, 5.74) is 3.54. The molecule has 0 aromatic carbocycles. The average molecular weight is 259 g/mol. The first-order valence-corrected chi connectivity index (χ1v) is 8.18. The van der Waals surface area contributed by atoms with Crippen LogP contribution in [0.4, 0.5) is 0 Å². The molecule has 0 heterocycles. The third-order valence-corrected chi connectivity index (χ3v) is 3.60. The molecule has 0 N–H and O–H groups in total. The Morgan fingerprint density at radius 1 is 0.882 bits per heavy atom. The Morgan fingerprint density at radius 3 is 1.88 bits per heavy atom. The van der Waals surface area contributed by atoms with Gasteiger partial charge in [0.05, 0.1) is 0 Å². The first-order valence-electron chi connectivity index (χ1n) is 7.66. The number of allylic oxidation sites excluding steroid dienone is 2. The molecular weight excluding hydrogens is 224 g/mol. The van der Waals surface area contributed by atoms with E-state index in [0.29, 0.717) is 5.25 Å². The molecule has 0 radical (unpaired) electrons. The van der Waals surface area contributed by atoms with Crippen LogP contribution in [-0.2, 0) is 0 Å². The summed E-state index contributed by atoms with van der Waals surface area (Å²) < 4.78 is 0. The van der Waals surface area contributed by atoms with E-state index in [1.165, 1.54) is 32.1 Å². The van der Waals surface area contributed by atoms with Crippen molar-refractivity contribution in [2.24, 2.45) is 5.92 Å². The molecule has 0 aromatic heterocycles. The fourth-order valence-electron chi connectivity index (χ4n) is 2.40. The Balaban J connectivity index is 0. The number of hydrogen-bond acceptors (Lipinski definition) is 1. The Kier molecular flexibility index (Phi) is 14.3. The van der Waals surface area contributed by atoms with Crippen molar-refractivity contribution in [3.05, 3.63) is 11.1 Å². The van der Waals surface area contributed by atoms with Gasteiger partial charge in [0.1, 0.15) is 0 Å². The molecule has 1 unspecified atom stereocenters. The van der Waals surface area contributed by atoms with Gasteiger partial charge in [0.15, 0.2) is 0 Å². The highest BCUT2D eigenvalue weighted by molar-refractivity contribution is 7.80. The molecule has 104 valence electrons. The lowest BCUT2D eigenvalue weighted by Crippen LogP contribution is -2.09. The lowest BCUT2D eigenvalue weighted by atomic mass is 9.90. The fourth-order valence-corrected chi connectivity index (χ4v) is 2.73. The van der Waals surface area contributed by atoms with Crippen LogP contribution in [0.3, 0.4) is 0 Å². The minimum atomic E-state index is 0.661. The van der Waals surface area contributed by atoms with Gasteiger partial charge in [-0.15, -0.1) is 0 Å². The molecule has 0 aromatic rings. The van der Waals surface area contributed by atoms with Gasteiger partial charge < -0.3 is 0 Å². The van der Waals surface area contributed by atoms with Crippen molar-refractivity contribution in [3.8, 4) is 0 Å². The molecule has 0 bridgehead atoms. The highest BCUT2D eigenvalue weighted by Gasteiger charge is 2.26. The van der Waals surface area contributed by atoms with Crippen LogP contribution in [0.25, 0.3) is 0 Å². The predicted octanol–water partition coefficient (Wildman–Crippen LogP) is 6.27. The smallest absolute Gasteiger partial charge is 0.00572 e. The van der Waals surface area contributed by atoms with E-state index in [-0.39, 0.29) is 0 Å². The summed E-state index contributed by atoms with van der Waals surface area (Å²) in [4.78, 5) is 0. The summed E-state index contributed by atoms with van der Waals surface area (Å²) in [6, 6.07) is 0. The third kappa shape index (κ3) is 6.55. The fraction of sp³-hybridized carbons (Fsp3) is 0.875. The van der Waals surface area contributed by atoms with Gasteiger partial charge >= 0.3 is 0 Å². The SMILES string of the molecule is CC.CC.CC.CC1CCC2=C1C[C@@H](S)CC2. The lowest BCUT2D eigenvalue weighted by molar-refractivity contribution is 0.624. The molecular formula is C16H34S. The molecule has 1 heteroatoms. The summed E-state index contributed by atoms with van der Waals surface area (Å²) in [7, 11) is 0. The van der Waals surface area contributed by atoms with Crippen LogP contribution in [0.15, 0.2) is 11.1 Å². The van der Waals surface area contributed by atoms with Crippen LogP contribution in [0, 0.1) is 5.92 Å². The molecule has 2 aliphatic rings. The van der Waals surface area contributed by atoms with Gasteiger partial charge in [0, 0.05) is 5.25 Å². The van der Waals surface area contributed by atoms with E-state index < -0.39 is 0 Å². The monoisotopic (exact) mass is 258 g/mol. The molecule has 2 rings (SSSR count). The highest BCUT2D eigenvalue weighted by Crippen LogP contribution is 2.41. The zero-order chi connectivity index (χ0) is 13.8. The molecule has 0 spiro atoms. The predicted molar refractivity (Wildman–Crippen MR) is 86.1 cm³/mol. The molecule has 0 saturated carbocycles.